The van der Waals surface area contributed by atoms with Crippen molar-refractivity contribution in [3.05, 3.63) is 51.9 Å². The topological polar surface area (TPSA) is 81.2 Å². The van der Waals surface area contributed by atoms with Gasteiger partial charge in [-0.25, -0.2) is 18.0 Å². The summed E-state index contributed by atoms with van der Waals surface area (Å²) in [4.78, 5) is 24.3. The molecule has 0 aliphatic rings. The van der Waals surface area contributed by atoms with Gasteiger partial charge in [-0.2, -0.15) is 13.2 Å². The van der Waals surface area contributed by atoms with E-state index < -0.39 is 56.7 Å². The number of benzene rings is 1. The third-order valence-electron chi connectivity index (χ3n) is 3.00. The van der Waals surface area contributed by atoms with E-state index in [0.717, 1.165) is 0 Å². The third kappa shape index (κ3) is 4.85. The Labute approximate surface area is 156 Å². The van der Waals surface area contributed by atoms with E-state index in [1.165, 1.54) is 6.92 Å². The number of nitrogens with one attached hydrogen (secondary N) is 1. The lowest BCUT2D eigenvalue weighted by atomic mass is 10.0. The maximum atomic E-state index is 13.8. The Hall–Kier alpha value is -2.96. The maximum absolute atomic E-state index is 13.8. The summed E-state index contributed by atoms with van der Waals surface area (Å²) in [5, 5.41) is 6.48. The summed E-state index contributed by atoms with van der Waals surface area (Å²) in [5.41, 5.74) is -1.86. The highest BCUT2D eigenvalue weighted by atomic mass is 32.1. The van der Waals surface area contributed by atoms with Gasteiger partial charge < -0.3 is 10.1 Å². The highest BCUT2D eigenvalue weighted by Gasteiger charge is 2.35. The Balaban J connectivity index is 2.38. The molecule has 0 atom stereocenters. The zero-order valence-corrected chi connectivity index (χ0v) is 14.6. The van der Waals surface area contributed by atoms with Crippen LogP contribution in [-0.2, 0) is 15.7 Å². The number of halogens is 6. The molecule has 1 aromatic carbocycles. The van der Waals surface area contributed by atoms with Crippen molar-refractivity contribution in [1.82, 2.24) is 10.2 Å². The van der Waals surface area contributed by atoms with Crippen molar-refractivity contribution in [2.75, 3.05) is 11.9 Å². The number of esters is 1. The van der Waals surface area contributed by atoms with Gasteiger partial charge in [0, 0.05) is 12.3 Å². The van der Waals surface area contributed by atoms with Gasteiger partial charge in [-0.1, -0.05) is 11.3 Å². The second-order valence-electron chi connectivity index (χ2n) is 4.91. The Morgan fingerprint density at radius 1 is 1.14 bits per heavy atom. The van der Waals surface area contributed by atoms with E-state index in [0.29, 0.717) is 6.20 Å². The van der Waals surface area contributed by atoms with Gasteiger partial charge in [0.25, 0.3) is 0 Å². The van der Waals surface area contributed by atoms with Crippen molar-refractivity contribution < 1.29 is 40.7 Å². The number of carbonyl (C=O) groups is 2. The zero-order valence-electron chi connectivity index (χ0n) is 13.7. The average Bonchev–Trinajstić information content (AvgIpc) is 3.07. The fraction of sp³-hybridized carbons (Fsp3) is 0.200. The van der Waals surface area contributed by atoms with Gasteiger partial charge in [0.15, 0.2) is 11.6 Å². The fourth-order valence-electron chi connectivity index (χ4n) is 1.80. The van der Waals surface area contributed by atoms with E-state index in [1.807, 2.05) is 0 Å². The van der Waals surface area contributed by atoms with Gasteiger partial charge in [0.1, 0.15) is 11.4 Å². The molecule has 0 amide bonds. The second-order valence-corrected chi connectivity index (χ2v) is 5.89. The van der Waals surface area contributed by atoms with Crippen LogP contribution in [-0.4, -0.2) is 28.6 Å². The van der Waals surface area contributed by atoms with Crippen LogP contribution < -0.4 is 5.32 Å². The molecule has 0 aliphatic carbocycles. The molecular weight excluding hydrogens is 416 g/mol. The quantitative estimate of drug-likeness (QED) is 0.145. The molecule has 28 heavy (non-hydrogen) atoms. The van der Waals surface area contributed by atoms with Gasteiger partial charge in [-0.3, -0.25) is 4.79 Å². The van der Waals surface area contributed by atoms with Crippen LogP contribution in [0, 0.1) is 17.5 Å². The Morgan fingerprint density at radius 2 is 1.79 bits per heavy atom. The van der Waals surface area contributed by atoms with Crippen molar-refractivity contribution >= 4 is 28.2 Å². The summed E-state index contributed by atoms with van der Waals surface area (Å²) in [6, 6.07) is 0.353. The summed E-state index contributed by atoms with van der Waals surface area (Å²) >= 11 is 0.0720. The van der Waals surface area contributed by atoms with Crippen LogP contribution in [0.1, 0.15) is 22.3 Å². The number of hydrogen-bond acceptors (Lipinski definition) is 7. The van der Waals surface area contributed by atoms with Crippen LogP contribution in [0.2, 0.25) is 0 Å². The zero-order chi connectivity index (χ0) is 21.1. The first-order chi connectivity index (χ1) is 13.0. The average molecular weight is 425 g/mol. The van der Waals surface area contributed by atoms with Crippen molar-refractivity contribution in [2.24, 2.45) is 0 Å². The molecule has 6 nitrogen and oxygen atoms in total. The number of carbonyl (C=O) groups excluding carboxylic acids is 2. The molecule has 0 spiro atoms. The standard InChI is InChI=1S/C15H9F6N3O3S/c1-2-27-12(26)7(5-22-14-24-23-13(28-14)15(19,20)21)11(25)6-3-9(17)10(18)4-8(6)16/h3-5H,2H2,1H3,(H,22,24). The second kappa shape index (κ2) is 8.37. The lowest BCUT2D eigenvalue weighted by Gasteiger charge is -2.08. The largest absolute Gasteiger partial charge is 0.462 e. The van der Waals surface area contributed by atoms with Crippen LogP contribution >= 0.6 is 11.3 Å². The van der Waals surface area contributed by atoms with E-state index >= 15 is 0 Å². The van der Waals surface area contributed by atoms with Crippen LogP contribution in [0.25, 0.3) is 0 Å². The number of hydrogen-bond donors (Lipinski definition) is 1. The predicted octanol–water partition coefficient (Wildman–Crippen LogP) is 3.72. The van der Waals surface area contributed by atoms with Gasteiger partial charge in [0.2, 0.25) is 15.9 Å². The molecular formula is C15H9F6N3O3S. The van der Waals surface area contributed by atoms with Crippen LogP contribution in [0.5, 0.6) is 0 Å². The minimum atomic E-state index is -4.75. The predicted molar refractivity (Wildman–Crippen MR) is 83.9 cm³/mol. The molecule has 2 aromatic rings. The van der Waals surface area contributed by atoms with Gasteiger partial charge >= 0.3 is 12.1 Å². The number of aromatic nitrogens is 2. The molecule has 0 fully saturated rings. The third-order valence-corrected chi connectivity index (χ3v) is 3.90. The number of alkyl halides is 3. The van der Waals surface area contributed by atoms with Gasteiger partial charge in [0.05, 0.1) is 12.2 Å². The van der Waals surface area contributed by atoms with Crippen molar-refractivity contribution in [3.8, 4) is 0 Å². The minimum absolute atomic E-state index is 0.0720. The van der Waals surface area contributed by atoms with Crippen molar-refractivity contribution in [1.29, 1.82) is 0 Å². The van der Waals surface area contributed by atoms with Crippen molar-refractivity contribution in [2.45, 2.75) is 13.1 Å². The molecule has 1 heterocycles. The molecule has 1 aromatic heterocycles. The summed E-state index contributed by atoms with van der Waals surface area (Å²) in [6.45, 7) is 1.20. The van der Waals surface area contributed by atoms with Gasteiger partial charge in [-0.15, -0.1) is 10.2 Å². The molecule has 0 aliphatic heterocycles. The fourth-order valence-corrected chi connectivity index (χ4v) is 2.38. The van der Waals surface area contributed by atoms with E-state index in [9.17, 15) is 35.9 Å². The smallest absolute Gasteiger partial charge is 0.445 e. The monoisotopic (exact) mass is 425 g/mol. The summed E-state index contributed by atoms with van der Waals surface area (Å²) in [6.07, 6.45) is -4.14. The first-order valence-corrected chi connectivity index (χ1v) is 8.10. The number of ketones is 1. The minimum Gasteiger partial charge on any atom is -0.462 e. The number of anilines is 1. The van der Waals surface area contributed by atoms with Gasteiger partial charge in [-0.05, 0) is 13.0 Å². The maximum Gasteiger partial charge on any atom is 0.445 e. The first kappa shape index (κ1) is 21.3. The normalized spacial score (nSPS) is 12.0. The van der Waals surface area contributed by atoms with Crippen molar-refractivity contribution in [3.63, 3.8) is 0 Å². The molecule has 13 heteroatoms. The first-order valence-electron chi connectivity index (χ1n) is 7.28. The Morgan fingerprint density at radius 3 is 2.36 bits per heavy atom. The number of ether oxygens (including phenoxy) is 1. The highest BCUT2D eigenvalue weighted by molar-refractivity contribution is 7.15. The molecule has 2 rings (SSSR count). The van der Waals surface area contributed by atoms with Crippen LogP contribution in [0.4, 0.5) is 31.5 Å². The number of Topliss-reactive ketones (excluding diaryl/α,β-unsaturated/α-hetero) is 1. The van der Waals surface area contributed by atoms with Crippen LogP contribution in [0.3, 0.4) is 0 Å². The molecule has 0 unspecified atom stereocenters. The highest BCUT2D eigenvalue weighted by Crippen LogP contribution is 2.33. The number of nitrogens with zero attached hydrogens (tertiary/aromatic N) is 2. The molecule has 0 radical (unpaired) electrons. The molecule has 0 saturated carbocycles. The summed E-state index contributed by atoms with van der Waals surface area (Å²) in [5.74, 6) is -7.20. The molecule has 0 saturated heterocycles. The van der Waals surface area contributed by atoms with E-state index in [4.69, 9.17) is 0 Å². The van der Waals surface area contributed by atoms with E-state index in [-0.39, 0.29) is 30.1 Å². The van der Waals surface area contributed by atoms with Crippen LogP contribution in [0.15, 0.2) is 23.9 Å². The molecule has 1 N–H and O–H groups in total. The SMILES string of the molecule is CCOC(=O)C(=CNc1nnc(C(F)(F)F)s1)C(=O)c1cc(F)c(F)cc1F. The number of rotatable bonds is 6. The van der Waals surface area contributed by atoms with E-state index in [1.54, 1.807) is 0 Å². The lowest BCUT2D eigenvalue weighted by Crippen LogP contribution is -2.19. The Bertz CT molecular complexity index is 942. The molecule has 150 valence electrons. The molecule has 0 bridgehead atoms. The Kier molecular flexibility index (Phi) is 6.38. The lowest BCUT2D eigenvalue weighted by molar-refractivity contribution is -0.138. The van der Waals surface area contributed by atoms with E-state index in [2.05, 4.69) is 20.3 Å². The summed E-state index contributed by atoms with van der Waals surface area (Å²) < 4.78 is 82.3. The summed E-state index contributed by atoms with van der Waals surface area (Å²) in [7, 11) is 0.